The first kappa shape index (κ1) is 32.2. The lowest BCUT2D eigenvalue weighted by molar-refractivity contribution is -0.140. The summed E-state index contributed by atoms with van der Waals surface area (Å²) in [5.74, 6) is 0. The zero-order chi connectivity index (χ0) is 33.2. The van der Waals surface area contributed by atoms with Gasteiger partial charge in [0.1, 0.15) is 0 Å². The van der Waals surface area contributed by atoms with E-state index in [4.69, 9.17) is 22.9 Å². The van der Waals surface area contributed by atoms with Crippen LogP contribution in [0.2, 0.25) is 0 Å². The van der Waals surface area contributed by atoms with Gasteiger partial charge >= 0.3 is 24.7 Å². The molecule has 4 nitrogen and oxygen atoms in total. The molecule has 0 aliphatic heterocycles. The van der Waals surface area contributed by atoms with Gasteiger partial charge in [-0.25, -0.2) is 0 Å². The average molecular weight is 638 g/mol. The van der Waals surface area contributed by atoms with Gasteiger partial charge in [0, 0.05) is 22.7 Å². The van der Waals surface area contributed by atoms with Crippen LogP contribution in [0.4, 0.5) is 75.4 Å². The fourth-order valence-electron chi connectivity index (χ4n) is 4.85. The zero-order valence-electron chi connectivity index (χ0n) is 21.6. The molecule has 234 valence electrons. The van der Waals surface area contributed by atoms with Crippen molar-refractivity contribution in [1.82, 2.24) is 0 Å². The predicted molar refractivity (Wildman–Crippen MR) is 140 cm³/mol. The summed E-state index contributed by atoms with van der Waals surface area (Å²) in [5.41, 5.74) is 5.36. The second-order valence-electron chi connectivity index (χ2n) is 9.58. The molecule has 4 aromatic carbocycles. The average Bonchev–Trinajstić information content (AvgIpc) is 2.84. The highest BCUT2D eigenvalue weighted by atomic mass is 19.4. The molecule has 0 spiro atoms. The Bertz CT molecular complexity index is 1620. The fraction of sp³-hybridized carbons (Fsp3) is 0.143. The molecule has 0 aliphatic carbocycles. The van der Waals surface area contributed by atoms with Gasteiger partial charge in [0.15, 0.2) is 0 Å². The summed E-state index contributed by atoms with van der Waals surface area (Å²) < 4.78 is 172. The van der Waals surface area contributed by atoms with E-state index in [0.717, 1.165) is 12.1 Å². The highest BCUT2D eigenvalue weighted by Crippen LogP contribution is 2.53. The van der Waals surface area contributed by atoms with Crippen LogP contribution in [0.5, 0.6) is 0 Å². The minimum atomic E-state index is -5.65. The molecular formula is C28H18F12N4. The third kappa shape index (κ3) is 6.14. The second-order valence-corrected chi connectivity index (χ2v) is 9.58. The number of hydrogen-bond acceptors (Lipinski definition) is 4. The van der Waals surface area contributed by atoms with Crippen LogP contribution in [-0.4, -0.2) is 0 Å². The number of benzene rings is 4. The summed E-state index contributed by atoms with van der Waals surface area (Å²) >= 11 is 0. The quantitative estimate of drug-likeness (QED) is 0.133. The Morgan fingerprint density at radius 1 is 0.318 bits per heavy atom. The maximum absolute atomic E-state index is 14.7. The summed E-state index contributed by atoms with van der Waals surface area (Å²) in [5, 5.41) is 0. The lowest BCUT2D eigenvalue weighted by Crippen LogP contribution is -2.17. The molecule has 0 heterocycles. The van der Waals surface area contributed by atoms with E-state index in [9.17, 15) is 52.7 Å². The largest absolute Gasteiger partial charge is 0.417 e. The van der Waals surface area contributed by atoms with Gasteiger partial charge in [-0.2, -0.15) is 52.7 Å². The van der Waals surface area contributed by atoms with Crippen LogP contribution in [-0.2, 0) is 24.7 Å². The van der Waals surface area contributed by atoms with Crippen molar-refractivity contribution in [3.05, 3.63) is 82.9 Å². The number of rotatable bonds is 3. The molecule has 0 radical (unpaired) electrons. The molecule has 8 N–H and O–H groups in total. The van der Waals surface area contributed by atoms with Crippen LogP contribution in [0.3, 0.4) is 0 Å². The van der Waals surface area contributed by atoms with E-state index in [1.165, 1.54) is 0 Å². The van der Waals surface area contributed by atoms with Gasteiger partial charge in [-0.1, -0.05) is 0 Å². The molecule has 16 heteroatoms. The van der Waals surface area contributed by atoms with Crippen molar-refractivity contribution in [3.8, 4) is 33.4 Å². The number of anilines is 4. The van der Waals surface area contributed by atoms with Gasteiger partial charge < -0.3 is 22.9 Å². The zero-order valence-corrected chi connectivity index (χ0v) is 21.6. The molecule has 0 unspecified atom stereocenters. The van der Waals surface area contributed by atoms with Crippen LogP contribution in [0.1, 0.15) is 22.3 Å². The predicted octanol–water partition coefficient (Wildman–Crippen LogP) is 9.09. The molecule has 0 fully saturated rings. The molecule has 0 saturated heterocycles. The van der Waals surface area contributed by atoms with Crippen LogP contribution in [0.15, 0.2) is 60.7 Å². The van der Waals surface area contributed by atoms with Crippen LogP contribution >= 0.6 is 0 Å². The lowest BCUT2D eigenvalue weighted by atomic mass is 9.83. The van der Waals surface area contributed by atoms with Crippen molar-refractivity contribution < 1.29 is 52.7 Å². The van der Waals surface area contributed by atoms with Crippen LogP contribution < -0.4 is 22.9 Å². The SMILES string of the molecule is Nc1ccc(C(F)(F)F)c(-c2cc(N)cc(-c3cc(N)cc(-c4cc(N)ccc4C(F)(F)F)c3C(F)(F)F)c2C(F)(F)F)c1. The van der Waals surface area contributed by atoms with Gasteiger partial charge in [-0.3, -0.25) is 0 Å². The van der Waals surface area contributed by atoms with Crippen LogP contribution in [0, 0.1) is 0 Å². The summed E-state index contributed by atoms with van der Waals surface area (Å²) in [4.78, 5) is 0. The Hall–Kier alpha value is -4.76. The van der Waals surface area contributed by atoms with Gasteiger partial charge in [0.25, 0.3) is 0 Å². The number of halogens is 12. The molecule has 0 aliphatic rings. The fourth-order valence-corrected chi connectivity index (χ4v) is 4.85. The molecule has 4 rings (SSSR count). The molecule has 0 saturated carbocycles. The molecule has 44 heavy (non-hydrogen) atoms. The van der Waals surface area contributed by atoms with Gasteiger partial charge in [-0.15, -0.1) is 0 Å². The maximum atomic E-state index is 14.7. The van der Waals surface area contributed by atoms with Crippen molar-refractivity contribution in [1.29, 1.82) is 0 Å². The van der Waals surface area contributed by atoms with Crippen molar-refractivity contribution in [2.45, 2.75) is 24.7 Å². The van der Waals surface area contributed by atoms with Gasteiger partial charge in [-0.05, 0) is 94.0 Å². The third-order valence-corrected chi connectivity index (χ3v) is 6.46. The summed E-state index contributed by atoms with van der Waals surface area (Å²) in [6.45, 7) is 0. The third-order valence-electron chi connectivity index (χ3n) is 6.46. The first-order valence-corrected chi connectivity index (χ1v) is 12.0. The van der Waals surface area contributed by atoms with E-state index in [1.54, 1.807) is 0 Å². The molecule has 0 aromatic heterocycles. The van der Waals surface area contributed by atoms with Crippen molar-refractivity contribution in [2.75, 3.05) is 22.9 Å². The molecule has 0 atom stereocenters. The van der Waals surface area contributed by atoms with E-state index in [-0.39, 0.29) is 0 Å². The van der Waals surface area contributed by atoms with Crippen molar-refractivity contribution >= 4 is 22.7 Å². The summed E-state index contributed by atoms with van der Waals surface area (Å²) in [6.07, 6.45) is -21.8. The lowest BCUT2D eigenvalue weighted by Gasteiger charge is -2.25. The van der Waals surface area contributed by atoms with E-state index in [1.807, 2.05) is 0 Å². The van der Waals surface area contributed by atoms with Gasteiger partial charge in [0.05, 0.1) is 22.3 Å². The highest BCUT2D eigenvalue weighted by Gasteiger charge is 2.45. The summed E-state index contributed by atoms with van der Waals surface area (Å²) in [7, 11) is 0. The number of hydrogen-bond donors (Lipinski definition) is 4. The van der Waals surface area contributed by atoms with E-state index >= 15 is 0 Å². The Morgan fingerprint density at radius 2 is 0.568 bits per heavy atom. The van der Waals surface area contributed by atoms with E-state index < -0.39 is 103 Å². The minimum absolute atomic E-state index is 0.381. The molecule has 4 aromatic rings. The second kappa shape index (κ2) is 10.4. The van der Waals surface area contributed by atoms with Crippen LogP contribution in [0.25, 0.3) is 33.4 Å². The Morgan fingerprint density at radius 3 is 0.818 bits per heavy atom. The van der Waals surface area contributed by atoms with Gasteiger partial charge in [0.2, 0.25) is 0 Å². The minimum Gasteiger partial charge on any atom is -0.399 e. The van der Waals surface area contributed by atoms with Crippen molar-refractivity contribution in [2.24, 2.45) is 0 Å². The number of nitrogen functional groups attached to an aromatic ring is 4. The smallest absolute Gasteiger partial charge is 0.399 e. The normalized spacial score (nSPS) is 12.9. The Balaban J connectivity index is 2.25. The summed E-state index contributed by atoms with van der Waals surface area (Å²) in [6, 6.07) is 5.09. The number of alkyl halides is 12. The Labute approximate surface area is 239 Å². The van der Waals surface area contributed by atoms with E-state index in [2.05, 4.69) is 0 Å². The molecule has 0 bridgehead atoms. The first-order chi connectivity index (χ1) is 20.0. The van der Waals surface area contributed by atoms with E-state index in [0.29, 0.717) is 48.5 Å². The molecular weight excluding hydrogens is 620 g/mol. The highest BCUT2D eigenvalue weighted by molar-refractivity contribution is 5.91. The van der Waals surface area contributed by atoms with Crippen molar-refractivity contribution in [3.63, 3.8) is 0 Å². The standard InChI is InChI=1S/C28H18F12N4/c29-25(30,31)21-3-1-11(41)5-15(21)17-7-13(43)9-19(23(17)27(35,36)37)20-10-14(44)8-18(24(20)28(38,39)40)16-6-12(42)2-4-22(16)26(32,33)34/h1-10H,41-44H2. The monoisotopic (exact) mass is 638 g/mol. The molecule has 0 amide bonds. The first-order valence-electron chi connectivity index (χ1n) is 12.0. The number of nitrogens with two attached hydrogens (primary N) is 4. The maximum Gasteiger partial charge on any atom is 0.417 e. The Kier molecular flexibility index (Phi) is 7.64. The topological polar surface area (TPSA) is 104 Å².